The fourth-order valence-electron chi connectivity index (χ4n) is 4.76. The van der Waals surface area contributed by atoms with Gasteiger partial charge in [0.2, 0.25) is 0 Å². The Balaban J connectivity index is 1.62. The molecule has 8 heteroatoms. The minimum Gasteiger partial charge on any atom is -0.493 e. The molecular formula is C28H26Cl2N4O2. The van der Waals surface area contributed by atoms with E-state index in [0.29, 0.717) is 52.8 Å². The quantitative estimate of drug-likeness (QED) is 0.306. The Labute approximate surface area is 220 Å². The Morgan fingerprint density at radius 2 is 1.83 bits per heavy atom. The summed E-state index contributed by atoms with van der Waals surface area (Å²) in [5.41, 5.74) is 5.10. The average molecular weight is 521 g/mol. The predicted octanol–water partition coefficient (Wildman–Crippen LogP) is 6.70. The van der Waals surface area contributed by atoms with E-state index < -0.39 is 0 Å². The van der Waals surface area contributed by atoms with Crippen molar-refractivity contribution in [3.63, 3.8) is 0 Å². The van der Waals surface area contributed by atoms with Gasteiger partial charge in [0.25, 0.3) is 5.91 Å². The number of hydrogen-bond donors (Lipinski definition) is 1. The Hall–Kier alpha value is -3.35. The Morgan fingerprint density at radius 3 is 2.64 bits per heavy atom. The number of aromatic nitrogens is 2. The molecule has 2 aromatic carbocycles. The number of benzene rings is 2. The number of fused-ring (bicyclic) bond motifs is 2. The van der Waals surface area contributed by atoms with Gasteiger partial charge in [-0.2, -0.15) is 0 Å². The second kappa shape index (κ2) is 10.3. The molecule has 36 heavy (non-hydrogen) atoms. The molecule has 0 saturated carbocycles. The molecule has 0 fully saturated rings. The topological polar surface area (TPSA) is 67.4 Å². The van der Waals surface area contributed by atoms with Gasteiger partial charge in [0, 0.05) is 48.6 Å². The summed E-state index contributed by atoms with van der Waals surface area (Å²) < 4.78 is 5.77. The number of ether oxygens (including phenoxy) is 1. The van der Waals surface area contributed by atoms with Crippen LogP contribution in [-0.2, 0) is 0 Å². The van der Waals surface area contributed by atoms with Gasteiger partial charge in [0.15, 0.2) is 0 Å². The SMILES string of the molecule is CCN(CC)c1c(C(=O)N[C@H]2CCOc3ccccc32)cnc2c(-c3cccc(Cl)c3Cl)ccnc12. The van der Waals surface area contributed by atoms with Gasteiger partial charge in [-0.3, -0.25) is 14.8 Å². The van der Waals surface area contributed by atoms with Gasteiger partial charge in [-0.15, -0.1) is 0 Å². The van der Waals surface area contributed by atoms with E-state index in [2.05, 4.69) is 29.0 Å². The zero-order valence-corrected chi connectivity index (χ0v) is 21.6. The zero-order valence-electron chi connectivity index (χ0n) is 20.1. The van der Waals surface area contributed by atoms with Gasteiger partial charge in [0.1, 0.15) is 11.3 Å². The predicted molar refractivity (Wildman–Crippen MR) is 145 cm³/mol. The number of rotatable bonds is 6. The van der Waals surface area contributed by atoms with E-state index in [1.807, 2.05) is 42.5 Å². The first kappa shape index (κ1) is 24.3. The van der Waals surface area contributed by atoms with Crippen LogP contribution in [0.25, 0.3) is 22.2 Å². The summed E-state index contributed by atoms with van der Waals surface area (Å²) in [5, 5.41) is 4.14. The summed E-state index contributed by atoms with van der Waals surface area (Å²) in [6.45, 7) is 6.08. The molecule has 0 spiro atoms. The van der Waals surface area contributed by atoms with Gasteiger partial charge in [0.05, 0.1) is 39.5 Å². The standard InChI is InChI=1S/C28H26Cl2N4O2/c1-3-34(4-2)27-20(28(35)33-22-13-15-36-23-11-6-5-8-19(22)23)16-32-25-18(12-14-31-26(25)27)17-9-7-10-21(29)24(17)30/h5-12,14,16,22H,3-4,13,15H2,1-2H3,(H,33,35)/t22-/m0/s1. The van der Waals surface area contributed by atoms with E-state index in [1.54, 1.807) is 18.5 Å². The van der Waals surface area contributed by atoms with Crippen LogP contribution in [0.1, 0.15) is 42.2 Å². The molecule has 0 saturated heterocycles. The summed E-state index contributed by atoms with van der Waals surface area (Å²) in [4.78, 5) is 25.2. The molecule has 4 aromatic rings. The molecule has 6 nitrogen and oxygen atoms in total. The molecule has 184 valence electrons. The maximum absolute atomic E-state index is 13.7. The van der Waals surface area contributed by atoms with Crippen LogP contribution in [-0.4, -0.2) is 35.6 Å². The minimum atomic E-state index is -0.194. The van der Waals surface area contributed by atoms with E-state index in [1.165, 1.54) is 0 Å². The number of hydrogen-bond acceptors (Lipinski definition) is 5. The Morgan fingerprint density at radius 1 is 1.03 bits per heavy atom. The highest BCUT2D eigenvalue weighted by Crippen LogP contribution is 2.39. The Kier molecular flexibility index (Phi) is 6.99. The summed E-state index contributed by atoms with van der Waals surface area (Å²) in [7, 11) is 0. The third-order valence-corrected chi connectivity index (χ3v) is 7.38. The van der Waals surface area contributed by atoms with Crippen molar-refractivity contribution in [3.05, 3.63) is 82.1 Å². The van der Waals surface area contributed by atoms with Crippen molar-refractivity contribution in [3.8, 4) is 16.9 Å². The molecule has 1 amide bonds. The number of nitrogens with one attached hydrogen (secondary N) is 1. The van der Waals surface area contributed by atoms with Crippen LogP contribution >= 0.6 is 23.2 Å². The second-order valence-corrected chi connectivity index (χ2v) is 9.34. The lowest BCUT2D eigenvalue weighted by Crippen LogP contribution is -2.34. The monoisotopic (exact) mass is 520 g/mol. The van der Waals surface area contributed by atoms with Crippen molar-refractivity contribution in [1.29, 1.82) is 0 Å². The van der Waals surface area contributed by atoms with Crippen LogP contribution in [0.4, 0.5) is 5.69 Å². The molecule has 1 N–H and O–H groups in total. The summed E-state index contributed by atoms with van der Waals surface area (Å²) in [5.74, 6) is 0.611. The summed E-state index contributed by atoms with van der Waals surface area (Å²) in [6, 6.07) is 15.1. The van der Waals surface area contributed by atoms with E-state index in [4.69, 9.17) is 32.9 Å². The van der Waals surface area contributed by atoms with Crippen LogP contribution in [0.5, 0.6) is 5.75 Å². The van der Waals surface area contributed by atoms with Crippen LogP contribution in [0.2, 0.25) is 10.0 Å². The molecule has 0 bridgehead atoms. The van der Waals surface area contributed by atoms with Crippen molar-refractivity contribution in [1.82, 2.24) is 15.3 Å². The smallest absolute Gasteiger partial charge is 0.255 e. The third kappa shape index (κ3) is 4.36. The number of halogens is 2. The minimum absolute atomic E-state index is 0.146. The number of anilines is 1. The maximum Gasteiger partial charge on any atom is 0.255 e. The van der Waals surface area contributed by atoms with Gasteiger partial charge in [-0.1, -0.05) is 53.5 Å². The zero-order chi connectivity index (χ0) is 25.2. The molecule has 1 aliphatic heterocycles. The highest BCUT2D eigenvalue weighted by Gasteiger charge is 2.27. The van der Waals surface area contributed by atoms with Crippen molar-refractivity contribution in [2.75, 3.05) is 24.6 Å². The fraction of sp³-hybridized carbons (Fsp3) is 0.250. The highest BCUT2D eigenvalue weighted by atomic mass is 35.5. The number of pyridine rings is 2. The lowest BCUT2D eigenvalue weighted by Gasteiger charge is -2.28. The number of carbonyl (C=O) groups is 1. The molecule has 2 aromatic heterocycles. The number of nitrogens with zero attached hydrogens (tertiary/aromatic N) is 3. The molecule has 1 aliphatic rings. The number of amides is 1. The number of para-hydroxylation sites is 1. The van der Waals surface area contributed by atoms with Gasteiger partial charge in [-0.05, 0) is 32.0 Å². The first-order chi connectivity index (χ1) is 17.5. The fourth-order valence-corrected chi connectivity index (χ4v) is 5.16. The van der Waals surface area contributed by atoms with E-state index in [0.717, 1.165) is 28.1 Å². The van der Waals surface area contributed by atoms with Crippen molar-refractivity contribution in [2.45, 2.75) is 26.3 Å². The Bertz CT molecular complexity index is 1440. The molecular weight excluding hydrogens is 495 g/mol. The van der Waals surface area contributed by atoms with E-state index in [-0.39, 0.29) is 11.9 Å². The van der Waals surface area contributed by atoms with Crippen LogP contribution in [0.15, 0.2) is 60.9 Å². The van der Waals surface area contributed by atoms with Crippen molar-refractivity contribution in [2.24, 2.45) is 0 Å². The van der Waals surface area contributed by atoms with E-state index >= 15 is 0 Å². The van der Waals surface area contributed by atoms with Gasteiger partial charge in [-0.25, -0.2) is 0 Å². The first-order valence-corrected chi connectivity index (χ1v) is 12.8. The van der Waals surface area contributed by atoms with Crippen LogP contribution in [0, 0.1) is 0 Å². The highest BCUT2D eigenvalue weighted by molar-refractivity contribution is 6.44. The molecule has 3 heterocycles. The second-order valence-electron chi connectivity index (χ2n) is 8.55. The number of carbonyl (C=O) groups excluding carboxylic acids is 1. The third-order valence-electron chi connectivity index (χ3n) is 6.56. The largest absolute Gasteiger partial charge is 0.493 e. The summed E-state index contributed by atoms with van der Waals surface area (Å²) in [6.07, 6.45) is 4.06. The van der Waals surface area contributed by atoms with Gasteiger partial charge < -0.3 is 15.0 Å². The maximum atomic E-state index is 13.7. The molecule has 0 radical (unpaired) electrons. The van der Waals surface area contributed by atoms with Crippen LogP contribution < -0.4 is 15.0 Å². The van der Waals surface area contributed by atoms with Crippen LogP contribution in [0.3, 0.4) is 0 Å². The lowest BCUT2D eigenvalue weighted by molar-refractivity contribution is 0.0925. The normalized spacial score (nSPS) is 14.7. The van der Waals surface area contributed by atoms with Crippen molar-refractivity contribution < 1.29 is 9.53 Å². The summed E-state index contributed by atoms with van der Waals surface area (Å²) >= 11 is 12.9. The lowest BCUT2D eigenvalue weighted by atomic mass is 9.99. The average Bonchev–Trinajstić information content (AvgIpc) is 2.91. The molecule has 0 aliphatic carbocycles. The first-order valence-electron chi connectivity index (χ1n) is 12.0. The van der Waals surface area contributed by atoms with Crippen molar-refractivity contribution >= 4 is 45.8 Å². The molecule has 0 unspecified atom stereocenters. The molecule has 1 atom stereocenters. The van der Waals surface area contributed by atoms with Gasteiger partial charge >= 0.3 is 0 Å². The van der Waals surface area contributed by atoms with E-state index in [9.17, 15) is 4.79 Å². The molecule has 5 rings (SSSR count).